The predicted octanol–water partition coefficient (Wildman–Crippen LogP) is 4.35. The van der Waals surface area contributed by atoms with Gasteiger partial charge in [0, 0.05) is 11.4 Å². The minimum absolute atomic E-state index is 0.421. The molecule has 0 aliphatic carbocycles. The summed E-state index contributed by atoms with van der Waals surface area (Å²) in [6.45, 7) is 9.91. The lowest BCUT2D eigenvalue weighted by molar-refractivity contribution is 0.0523. The summed E-state index contributed by atoms with van der Waals surface area (Å²) in [7, 11) is 0. The van der Waals surface area contributed by atoms with Crippen LogP contribution in [0, 0.1) is 11.3 Å². The first kappa shape index (κ1) is 19.3. The minimum Gasteiger partial charge on any atom is -0.444 e. The Bertz CT molecular complexity index is 459. The Morgan fingerprint density at radius 1 is 1.29 bits per heavy atom. The molecule has 1 aromatic carbocycles. The fourth-order valence-corrected chi connectivity index (χ4v) is 1.87. The number of benzene rings is 1. The largest absolute Gasteiger partial charge is 0.444 e. The fourth-order valence-electron chi connectivity index (χ4n) is 1.31. The number of carbonyl (C=O) groups is 1. The summed E-state index contributed by atoms with van der Waals surface area (Å²) in [4.78, 5) is 12.5. The number of rotatable bonds is 4. The quantitative estimate of drug-likeness (QED) is 0.840. The summed E-state index contributed by atoms with van der Waals surface area (Å²) in [5.74, 6) is 0.440. The van der Waals surface area contributed by atoms with Crippen molar-refractivity contribution in [2.45, 2.75) is 51.7 Å². The Labute approximate surface area is 131 Å². The molecule has 1 rings (SSSR count). The molecular formula is C16H24N2O2S. The van der Waals surface area contributed by atoms with Gasteiger partial charge in [0.2, 0.25) is 0 Å². The van der Waals surface area contributed by atoms with E-state index in [1.807, 2.05) is 58.9 Å². The molecular weight excluding hydrogens is 284 g/mol. The molecule has 4 nitrogen and oxygen atoms in total. The monoisotopic (exact) mass is 308 g/mol. The molecule has 1 amide bonds. The van der Waals surface area contributed by atoms with Gasteiger partial charge >= 0.3 is 6.09 Å². The SMILES string of the molecule is CC.CC(C)(C)OC(=O)NCc1ccc(SCC#N)cc1. The summed E-state index contributed by atoms with van der Waals surface area (Å²) in [5.41, 5.74) is 0.508. The maximum absolute atomic E-state index is 11.5. The summed E-state index contributed by atoms with van der Waals surface area (Å²) in [6.07, 6.45) is -0.421. The van der Waals surface area contributed by atoms with Crippen molar-refractivity contribution in [2.75, 3.05) is 5.75 Å². The molecule has 0 spiro atoms. The van der Waals surface area contributed by atoms with Gasteiger partial charge in [-0.15, -0.1) is 11.8 Å². The highest BCUT2D eigenvalue weighted by Gasteiger charge is 2.15. The molecule has 21 heavy (non-hydrogen) atoms. The highest BCUT2D eigenvalue weighted by atomic mass is 32.2. The highest BCUT2D eigenvalue weighted by molar-refractivity contribution is 7.99. The van der Waals surface area contributed by atoms with Crippen molar-refractivity contribution in [1.82, 2.24) is 5.32 Å². The van der Waals surface area contributed by atoms with Gasteiger partial charge in [0.05, 0.1) is 11.8 Å². The molecule has 0 atom stereocenters. The zero-order valence-electron chi connectivity index (χ0n) is 13.4. The first-order valence-corrected chi connectivity index (χ1v) is 7.95. The average molecular weight is 308 g/mol. The Kier molecular flexibility index (Phi) is 9.31. The number of hydrogen-bond donors (Lipinski definition) is 1. The van der Waals surface area contributed by atoms with E-state index in [-0.39, 0.29) is 0 Å². The van der Waals surface area contributed by atoms with E-state index in [4.69, 9.17) is 10.00 Å². The van der Waals surface area contributed by atoms with Crippen LogP contribution < -0.4 is 5.32 Å². The van der Waals surface area contributed by atoms with Crippen LogP contribution in [0.15, 0.2) is 29.2 Å². The van der Waals surface area contributed by atoms with Crippen LogP contribution in [0.5, 0.6) is 0 Å². The molecule has 0 saturated carbocycles. The van der Waals surface area contributed by atoms with Crippen molar-refractivity contribution in [1.29, 1.82) is 5.26 Å². The maximum atomic E-state index is 11.5. The van der Waals surface area contributed by atoms with Crippen LogP contribution in [-0.2, 0) is 11.3 Å². The lowest BCUT2D eigenvalue weighted by Crippen LogP contribution is -2.32. The van der Waals surface area contributed by atoms with E-state index in [2.05, 4.69) is 11.4 Å². The number of hydrogen-bond acceptors (Lipinski definition) is 4. The van der Waals surface area contributed by atoms with Gasteiger partial charge in [0.15, 0.2) is 0 Å². The molecule has 0 fully saturated rings. The second kappa shape index (κ2) is 10.1. The van der Waals surface area contributed by atoms with E-state index in [0.717, 1.165) is 10.5 Å². The number of nitrogens with zero attached hydrogens (tertiary/aromatic N) is 1. The van der Waals surface area contributed by atoms with Gasteiger partial charge in [-0.05, 0) is 38.5 Å². The predicted molar refractivity (Wildman–Crippen MR) is 87.2 cm³/mol. The smallest absolute Gasteiger partial charge is 0.407 e. The molecule has 1 aromatic rings. The van der Waals surface area contributed by atoms with Crippen LogP contribution in [0.25, 0.3) is 0 Å². The third kappa shape index (κ3) is 9.80. The summed E-state index contributed by atoms with van der Waals surface area (Å²) in [6, 6.07) is 9.81. The van der Waals surface area contributed by atoms with E-state index in [9.17, 15) is 4.79 Å². The number of nitrogens with one attached hydrogen (secondary N) is 1. The van der Waals surface area contributed by atoms with Crippen molar-refractivity contribution < 1.29 is 9.53 Å². The minimum atomic E-state index is -0.484. The zero-order chi connectivity index (χ0) is 16.3. The number of alkyl carbamates (subject to hydrolysis) is 1. The van der Waals surface area contributed by atoms with Crippen LogP contribution in [0.1, 0.15) is 40.2 Å². The van der Waals surface area contributed by atoms with Crippen LogP contribution in [0.2, 0.25) is 0 Å². The molecule has 0 aliphatic heterocycles. The van der Waals surface area contributed by atoms with Crippen molar-refractivity contribution in [3.8, 4) is 6.07 Å². The Hall–Kier alpha value is -1.67. The van der Waals surface area contributed by atoms with Crippen molar-refractivity contribution in [3.63, 3.8) is 0 Å². The lowest BCUT2D eigenvalue weighted by atomic mass is 10.2. The Balaban J connectivity index is 0.00000191. The van der Waals surface area contributed by atoms with Gasteiger partial charge in [-0.25, -0.2) is 4.79 Å². The van der Waals surface area contributed by atoms with E-state index < -0.39 is 11.7 Å². The van der Waals surface area contributed by atoms with Gasteiger partial charge in [-0.1, -0.05) is 26.0 Å². The Morgan fingerprint density at radius 2 is 1.86 bits per heavy atom. The summed E-state index contributed by atoms with van der Waals surface area (Å²) < 4.78 is 5.15. The van der Waals surface area contributed by atoms with Crippen molar-refractivity contribution in [2.24, 2.45) is 0 Å². The van der Waals surface area contributed by atoms with E-state index >= 15 is 0 Å². The lowest BCUT2D eigenvalue weighted by Gasteiger charge is -2.19. The van der Waals surface area contributed by atoms with Gasteiger partial charge < -0.3 is 10.1 Å². The molecule has 0 saturated heterocycles. The summed E-state index contributed by atoms with van der Waals surface area (Å²) >= 11 is 1.49. The molecule has 116 valence electrons. The van der Waals surface area contributed by atoms with Crippen LogP contribution >= 0.6 is 11.8 Å². The molecule has 0 bridgehead atoms. The van der Waals surface area contributed by atoms with E-state index in [1.54, 1.807) is 0 Å². The maximum Gasteiger partial charge on any atom is 0.407 e. The molecule has 0 unspecified atom stereocenters. The summed E-state index contributed by atoms with van der Waals surface area (Å²) in [5, 5.41) is 11.2. The van der Waals surface area contributed by atoms with E-state index in [0.29, 0.717) is 12.3 Å². The second-order valence-corrected chi connectivity index (χ2v) is 5.99. The third-order valence-corrected chi connectivity index (χ3v) is 2.94. The fraction of sp³-hybridized carbons (Fsp3) is 0.500. The molecule has 1 N–H and O–H groups in total. The normalized spacial score (nSPS) is 9.90. The molecule has 0 aliphatic rings. The number of ether oxygens (including phenoxy) is 1. The van der Waals surface area contributed by atoms with Crippen molar-refractivity contribution >= 4 is 17.9 Å². The second-order valence-electron chi connectivity index (χ2n) is 4.95. The van der Waals surface area contributed by atoms with Crippen LogP contribution in [0.4, 0.5) is 4.79 Å². The number of nitriles is 1. The van der Waals surface area contributed by atoms with Gasteiger partial charge in [0.25, 0.3) is 0 Å². The molecule has 0 radical (unpaired) electrons. The number of carbonyl (C=O) groups excluding carboxylic acids is 1. The number of amides is 1. The highest BCUT2D eigenvalue weighted by Crippen LogP contribution is 2.17. The first-order chi connectivity index (χ1) is 9.90. The van der Waals surface area contributed by atoms with E-state index in [1.165, 1.54) is 11.8 Å². The average Bonchev–Trinajstić information content (AvgIpc) is 2.44. The third-order valence-electron chi connectivity index (χ3n) is 2.06. The van der Waals surface area contributed by atoms with Gasteiger partial charge in [0.1, 0.15) is 5.60 Å². The topological polar surface area (TPSA) is 62.1 Å². The van der Waals surface area contributed by atoms with Gasteiger partial charge in [-0.3, -0.25) is 0 Å². The standard InChI is InChI=1S/C14H18N2O2S.C2H6/c1-14(2,3)18-13(17)16-10-11-4-6-12(7-5-11)19-9-8-15;1-2/h4-7H,9-10H2,1-3H3,(H,16,17);1-2H3. The van der Waals surface area contributed by atoms with Crippen LogP contribution in [-0.4, -0.2) is 17.4 Å². The first-order valence-electron chi connectivity index (χ1n) is 6.96. The molecule has 0 heterocycles. The van der Waals surface area contributed by atoms with Crippen LogP contribution in [0.3, 0.4) is 0 Å². The zero-order valence-corrected chi connectivity index (χ0v) is 14.2. The van der Waals surface area contributed by atoms with Crippen molar-refractivity contribution in [3.05, 3.63) is 29.8 Å². The number of thioether (sulfide) groups is 1. The molecule has 0 aromatic heterocycles. The Morgan fingerprint density at radius 3 is 2.33 bits per heavy atom. The molecule has 5 heteroatoms. The van der Waals surface area contributed by atoms with Gasteiger partial charge in [-0.2, -0.15) is 5.26 Å².